The summed E-state index contributed by atoms with van der Waals surface area (Å²) in [7, 11) is 1.48. The van der Waals surface area contributed by atoms with Crippen molar-refractivity contribution in [3.8, 4) is 0 Å². The Morgan fingerprint density at radius 2 is 1.67 bits per heavy atom. The first kappa shape index (κ1) is 12.2. The highest BCUT2D eigenvalue weighted by Crippen LogP contribution is 2.62. The molecule has 0 atom stereocenters. The van der Waals surface area contributed by atoms with E-state index in [1.54, 1.807) is 6.08 Å². The largest absolute Gasteiger partial charge is 0.277 e. The number of hydrogen-bond donors (Lipinski definition) is 1. The van der Waals surface area contributed by atoms with Crippen LogP contribution in [0.5, 0.6) is 0 Å². The molecule has 4 aliphatic rings. The minimum atomic E-state index is -0.120. The van der Waals surface area contributed by atoms with E-state index in [1.807, 2.05) is 0 Å². The van der Waals surface area contributed by atoms with Crippen LogP contribution in [0, 0.1) is 23.2 Å². The smallest absolute Gasteiger partial charge is 0.267 e. The van der Waals surface area contributed by atoms with Crippen LogP contribution in [-0.4, -0.2) is 13.0 Å². The fourth-order valence-corrected chi connectivity index (χ4v) is 5.07. The minimum Gasteiger partial charge on any atom is -0.277 e. The van der Waals surface area contributed by atoms with Gasteiger partial charge < -0.3 is 0 Å². The fourth-order valence-electron chi connectivity index (χ4n) is 5.07. The summed E-state index contributed by atoms with van der Waals surface area (Å²) in [6.45, 7) is 2.14. The summed E-state index contributed by atoms with van der Waals surface area (Å²) >= 11 is 0. The maximum atomic E-state index is 11.6. The second-order valence-electron chi connectivity index (χ2n) is 6.70. The molecule has 0 radical (unpaired) electrons. The maximum absolute atomic E-state index is 11.6. The highest BCUT2D eigenvalue weighted by atomic mass is 16.6. The summed E-state index contributed by atoms with van der Waals surface area (Å²) in [4.78, 5) is 16.3. The molecule has 4 rings (SSSR count). The Morgan fingerprint density at radius 1 is 1.17 bits per heavy atom. The number of rotatable bonds is 3. The molecule has 4 saturated carbocycles. The van der Waals surface area contributed by atoms with Crippen LogP contribution in [-0.2, 0) is 9.63 Å². The van der Waals surface area contributed by atoms with Gasteiger partial charge in [-0.3, -0.25) is 9.63 Å². The van der Waals surface area contributed by atoms with Crippen LogP contribution in [0.25, 0.3) is 0 Å². The first-order valence-electron chi connectivity index (χ1n) is 7.13. The van der Waals surface area contributed by atoms with E-state index in [0.29, 0.717) is 5.41 Å². The first-order chi connectivity index (χ1) is 8.61. The van der Waals surface area contributed by atoms with Gasteiger partial charge in [0.05, 0.1) is 7.11 Å². The van der Waals surface area contributed by atoms with Crippen LogP contribution in [0.15, 0.2) is 11.6 Å². The normalized spacial score (nSPS) is 42.1. The second-order valence-corrected chi connectivity index (χ2v) is 6.70. The molecule has 1 amide bonds. The van der Waals surface area contributed by atoms with Crippen LogP contribution < -0.4 is 5.48 Å². The van der Waals surface area contributed by atoms with Crippen LogP contribution >= 0.6 is 0 Å². The summed E-state index contributed by atoms with van der Waals surface area (Å²) in [6, 6.07) is 0. The number of carbonyl (C=O) groups excluding carboxylic acids is 1. The molecule has 0 unspecified atom stereocenters. The number of nitrogens with one attached hydrogen (secondary N) is 1. The number of amides is 1. The third-order valence-electron chi connectivity index (χ3n) is 5.43. The molecule has 100 valence electrons. The van der Waals surface area contributed by atoms with Gasteiger partial charge in [0.25, 0.3) is 5.91 Å². The minimum absolute atomic E-state index is 0.120. The molecule has 0 aromatic carbocycles. The molecular formula is C15H23NO2. The van der Waals surface area contributed by atoms with E-state index in [2.05, 4.69) is 17.2 Å². The molecule has 4 fully saturated rings. The van der Waals surface area contributed by atoms with Gasteiger partial charge in [0.15, 0.2) is 0 Å². The summed E-state index contributed by atoms with van der Waals surface area (Å²) in [6.07, 6.45) is 10.0. The molecule has 0 heterocycles. The third kappa shape index (κ3) is 1.99. The van der Waals surface area contributed by atoms with Crippen molar-refractivity contribution in [1.82, 2.24) is 5.48 Å². The van der Waals surface area contributed by atoms with Gasteiger partial charge >= 0.3 is 0 Å². The summed E-state index contributed by atoms with van der Waals surface area (Å²) in [5, 5.41) is 0. The average Bonchev–Trinajstić information content (AvgIpc) is 2.27. The number of hydroxylamine groups is 1. The molecule has 0 aliphatic heterocycles. The maximum Gasteiger partial charge on any atom is 0.267 e. The topological polar surface area (TPSA) is 38.3 Å². The lowest BCUT2D eigenvalue weighted by Crippen LogP contribution is -2.46. The lowest BCUT2D eigenvalue weighted by molar-refractivity contribution is -0.126. The van der Waals surface area contributed by atoms with Gasteiger partial charge in [-0.25, -0.2) is 5.48 Å². The van der Waals surface area contributed by atoms with E-state index < -0.39 is 0 Å². The molecule has 0 aromatic rings. The SMILES string of the molecule is CONC(=O)/C=C(/C)C12CC3CC(CC(C3)C1)C2. The van der Waals surface area contributed by atoms with E-state index in [0.717, 1.165) is 17.8 Å². The monoisotopic (exact) mass is 249 g/mol. The summed E-state index contributed by atoms with van der Waals surface area (Å²) in [5.74, 6) is 2.64. The Bertz CT molecular complexity index is 351. The Balaban J connectivity index is 1.80. The average molecular weight is 249 g/mol. The molecule has 4 aliphatic carbocycles. The van der Waals surface area contributed by atoms with Crippen molar-refractivity contribution in [2.24, 2.45) is 23.2 Å². The van der Waals surface area contributed by atoms with Gasteiger partial charge in [0.2, 0.25) is 0 Å². The van der Waals surface area contributed by atoms with Crippen LogP contribution in [0.4, 0.5) is 0 Å². The van der Waals surface area contributed by atoms with Crippen molar-refractivity contribution in [2.75, 3.05) is 7.11 Å². The van der Waals surface area contributed by atoms with Gasteiger partial charge in [-0.2, -0.15) is 0 Å². The number of allylic oxidation sites excluding steroid dienone is 1. The summed E-state index contributed by atoms with van der Waals surface area (Å²) in [5.41, 5.74) is 4.00. The predicted octanol–water partition coefficient (Wildman–Crippen LogP) is 2.83. The van der Waals surface area contributed by atoms with Crippen molar-refractivity contribution < 1.29 is 9.63 Å². The number of carbonyl (C=O) groups is 1. The standard InChI is InChI=1S/C15H23NO2/c1-10(3-14(17)16-18-2)15-7-11-4-12(8-15)6-13(5-11)9-15/h3,11-13H,4-9H2,1-2H3,(H,16,17)/b10-3-. The molecule has 0 spiro atoms. The fraction of sp³-hybridized carbons (Fsp3) is 0.800. The van der Waals surface area contributed by atoms with Crippen LogP contribution in [0.2, 0.25) is 0 Å². The van der Waals surface area contributed by atoms with E-state index in [4.69, 9.17) is 0 Å². The van der Waals surface area contributed by atoms with Crippen molar-refractivity contribution in [2.45, 2.75) is 45.4 Å². The van der Waals surface area contributed by atoms with Crippen LogP contribution in [0.1, 0.15) is 45.4 Å². The van der Waals surface area contributed by atoms with Crippen LogP contribution in [0.3, 0.4) is 0 Å². The van der Waals surface area contributed by atoms with E-state index in [-0.39, 0.29) is 5.91 Å². The molecule has 18 heavy (non-hydrogen) atoms. The summed E-state index contributed by atoms with van der Waals surface area (Å²) < 4.78 is 0. The van der Waals surface area contributed by atoms with Crippen molar-refractivity contribution in [3.63, 3.8) is 0 Å². The van der Waals surface area contributed by atoms with Gasteiger partial charge in [-0.15, -0.1) is 0 Å². The molecule has 3 nitrogen and oxygen atoms in total. The van der Waals surface area contributed by atoms with E-state index >= 15 is 0 Å². The van der Waals surface area contributed by atoms with E-state index in [9.17, 15) is 4.79 Å². The van der Waals surface area contributed by atoms with Crippen molar-refractivity contribution in [1.29, 1.82) is 0 Å². The zero-order valence-corrected chi connectivity index (χ0v) is 11.4. The Morgan fingerprint density at radius 3 is 2.11 bits per heavy atom. The lowest BCUT2D eigenvalue weighted by Gasteiger charge is -2.57. The van der Waals surface area contributed by atoms with Crippen molar-refractivity contribution >= 4 is 5.91 Å². The van der Waals surface area contributed by atoms with Gasteiger partial charge in [0, 0.05) is 6.08 Å². The predicted molar refractivity (Wildman–Crippen MR) is 69.5 cm³/mol. The third-order valence-corrected chi connectivity index (χ3v) is 5.43. The molecule has 1 N–H and O–H groups in total. The quantitative estimate of drug-likeness (QED) is 0.617. The van der Waals surface area contributed by atoms with Gasteiger partial charge in [-0.05, 0) is 68.6 Å². The van der Waals surface area contributed by atoms with E-state index in [1.165, 1.54) is 51.2 Å². The van der Waals surface area contributed by atoms with Gasteiger partial charge in [0.1, 0.15) is 0 Å². The van der Waals surface area contributed by atoms with Crippen molar-refractivity contribution in [3.05, 3.63) is 11.6 Å². The van der Waals surface area contributed by atoms with Gasteiger partial charge in [-0.1, -0.05) is 5.57 Å². The Hall–Kier alpha value is -0.830. The Labute approximate surface area is 109 Å². The Kier molecular flexibility index (Phi) is 2.97. The molecule has 3 heteroatoms. The highest BCUT2D eigenvalue weighted by Gasteiger charge is 2.51. The first-order valence-corrected chi connectivity index (χ1v) is 7.13. The molecule has 4 bridgehead atoms. The molecule has 0 aromatic heterocycles. The zero-order valence-electron chi connectivity index (χ0n) is 11.4. The second kappa shape index (κ2) is 4.37. The molecule has 0 saturated heterocycles. The lowest BCUT2D eigenvalue weighted by atomic mass is 9.48. The number of hydrogen-bond acceptors (Lipinski definition) is 2. The zero-order chi connectivity index (χ0) is 12.8. The highest BCUT2D eigenvalue weighted by molar-refractivity contribution is 5.87. The molecular weight excluding hydrogens is 226 g/mol.